The smallest absolute Gasteiger partial charge is 0.143 e. The largest absolute Gasteiger partial charge is 0.497 e. The Labute approximate surface area is 98.9 Å². The van der Waals surface area contributed by atoms with Gasteiger partial charge >= 0.3 is 0 Å². The van der Waals surface area contributed by atoms with Gasteiger partial charge in [-0.3, -0.25) is 4.68 Å². The Hall–Kier alpha value is -2.24. The number of nitrogens with zero attached hydrogens (tertiary/aromatic N) is 3. The molecule has 1 heterocycles. The molecule has 0 unspecified atom stereocenters. The van der Waals surface area contributed by atoms with E-state index in [-0.39, 0.29) is 0 Å². The number of anilines is 1. The van der Waals surface area contributed by atoms with E-state index in [0.29, 0.717) is 23.8 Å². The number of ether oxygens (including phenoxy) is 2. The van der Waals surface area contributed by atoms with Crippen molar-refractivity contribution in [2.24, 2.45) is 7.05 Å². The van der Waals surface area contributed by atoms with Gasteiger partial charge in [-0.15, -0.1) is 5.10 Å². The van der Waals surface area contributed by atoms with Gasteiger partial charge < -0.3 is 15.2 Å². The summed E-state index contributed by atoms with van der Waals surface area (Å²) in [6.07, 6.45) is 1.79. The number of methoxy groups -OCH3 is 1. The van der Waals surface area contributed by atoms with E-state index in [1.54, 1.807) is 43.2 Å². The third-order valence-electron chi connectivity index (χ3n) is 2.24. The quantitative estimate of drug-likeness (QED) is 0.798. The van der Waals surface area contributed by atoms with Gasteiger partial charge in [-0.05, 0) is 12.1 Å². The van der Waals surface area contributed by atoms with Crippen molar-refractivity contribution < 1.29 is 9.47 Å². The topological polar surface area (TPSA) is 75.2 Å². The summed E-state index contributed by atoms with van der Waals surface area (Å²) in [5, 5.41) is 7.73. The fourth-order valence-corrected chi connectivity index (χ4v) is 1.40. The van der Waals surface area contributed by atoms with Gasteiger partial charge in [-0.2, -0.15) is 0 Å². The molecule has 2 N–H and O–H groups in total. The lowest BCUT2D eigenvalue weighted by molar-refractivity contribution is 0.302. The number of rotatable bonds is 4. The maximum Gasteiger partial charge on any atom is 0.143 e. The summed E-state index contributed by atoms with van der Waals surface area (Å²) in [4.78, 5) is 0. The number of hydrogen-bond donors (Lipinski definition) is 1. The lowest BCUT2D eigenvalue weighted by atomic mass is 10.3. The van der Waals surface area contributed by atoms with Crippen LogP contribution in [0.1, 0.15) is 5.69 Å². The SMILES string of the molecule is COc1ccc(OCc2cn(C)nn2)c(N)c1. The van der Waals surface area contributed by atoms with Crippen LogP contribution in [0.3, 0.4) is 0 Å². The predicted octanol–water partition coefficient (Wildman–Crippen LogP) is 0.985. The van der Waals surface area contributed by atoms with E-state index < -0.39 is 0 Å². The van der Waals surface area contributed by atoms with Gasteiger partial charge in [-0.25, -0.2) is 0 Å². The molecule has 0 bridgehead atoms. The minimum Gasteiger partial charge on any atom is -0.497 e. The minimum atomic E-state index is 0.338. The fourth-order valence-electron chi connectivity index (χ4n) is 1.40. The van der Waals surface area contributed by atoms with Crippen LogP contribution in [0.5, 0.6) is 11.5 Å². The Morgan fingerprint density at radius 1 is 1.41 bits per heavy atom. The van der Waals surface area contributed by atoms with Gasteiger partial charge in [0.05, 0.1) is 19.0 Å². The second-order valence-corrected chi connectivity index (χ2v) is 3.58. The Balaban J connectivity index is 2.04. The normalized spacial score (nSPS) is 10.2. The molecule has 0 radical (unpaired) electrons. The summed E-state index contributed by atoms with van der Waals surface area (Å²) in [5.74, 6) is 1.31. The molecular formula is C11H14N4O2. The number of aromatic nitrogens is 3. The summed E-state index contributed by atoms with van der Waals surface area (Å²) in [6, 6.07) is 5.28. The number of nitrogen functional groups attached to an aromatic ring is 1. The van der Waals surface area contributed by atoms with E-state index in [1.165, 1.54) is 0 Å². The first kappa shape index (κ1) is 11.3. The summed E-state index contributed by atoms with van der Waals surface area (Å²) in [6.45, 7) is 0.338. The van der Waals surface area contributed by atoms with Crippen molar-refractivity contribution in [2.45, 2.75) is 6.61 Å². The Morgan fingerprint density at radius 2 is 2.24 bits per heavy atom. The van der Waals surface area contributed by atoms with Crippen LogP contribution in [-0.2, 0) is 13.7 Å². The van der Waals surface area contributed by atoms with E-state index in [1.807, 2.05) is 0 Å². The molecule has 2 rings (SSSR count). The number of hydrogen-bond acceptors (Lipinski definition) is 5. The lowest BCUT2D eigenvalue weighted by Crippen LogP contribution is -1.99. The molecule has 1 aromatic heterocycles. The predicted molar refractivity (Wildman–Crippen MR) is 62.7 cm³/mol. The third-order valence-corrected chi connectivity index (χ3v) is 2.24. The zero-order chi connectivity index (χ0) is 12.3. The molecule has 0 fully saturated rings. The molecule has 6 nitrogen and oxygen atoms in total. The van der Waals surface area contributed by atoms with Gasteiger partial charge in [0.1, 0.15) is 23.8 Å². The average molecular weight is 234 g/mol. The minimum absolute atomic E-state index is 0.338. The highest BCUT2D eigenvalue weighted by molar-refractivity contribution is 5.56. The maximum absolute atomic E-state index is 5.82. The molecule has 0 saturated heterocycles. The molecule has 0 atom stereocenters. The van der Waals surface area contributed by atoms with E-state index in [0.717, 1.165) is 5.69 Å². The molecule has 0 aliphatic heterocycles. The van der Waals surface area contributed by atoms with E-state index in [9.17, 15) is 0 Å². The second kappa shape index (κ2) is 4.73. The van der Waals surface area contributed by atoms with Crippen molar-refractivity contribution in [3.8, 4) is 11.5 Å². The Kier molecular flexibility index (Phi) is 3.13. The molecule has 0 spiro atoms. The van der Waals surface area contributed by atoms with Crippen LogP contribution in [0, 0.1) is 0 Å². The van der Waals surface area contributed by atoms with Gasteiger partial charge in [0.15, 0.2) is 0 Å². The Morgan fingerprint density at radius 3 is 2.82 bits per heavy atom. The summed E-state index contributed by atoms with van der Waals surface area (Å²) in [7, 11) is 3.40. The molecule has 2 aromatic rings. The standard InChI is InChI=1S/C11H14N4O2/c1-15-6-8(13-14-15)7-17-11-4-3-9(16-2)5-10(11)12/h3-6H,7,12H2,1-2H3. The van der Waals surface area contributed by atoms with Crippen molar-refractivity contribution in [1.82, 2.24) is 15.0 Å². The van der Waals surface area contributed by atoms with Gasteiger partial charge in [0, 0.05) is 13.1 Å². The number of benzene rings is 1. The van der Waals surface area contributed by atoms with Crippen molar-refractivity contribution in [2.75, 3.05) is 12.8 Å². The van der Waals surface area contributed by atoms with Crippen molar-refractivity contribution in [3.63, 3.8) is 0 Å². The van der Waals surface area contributed by atoms with Crippen molar-refractivity contribution in [1.29, 1.82) is 0 Å². The first-order valence-electron chi connectivity index (χ1n) is 5.10. The molecule has 1 aromatic carbocycles. The van der Waals surface area contributed by atoms with Gasteiger partial charge in [0.2, 0.25) is 0 Å². The molecule has 0 amide bonds. The summed E-state index contributed by atoms with van der Waals surface area (Å²) >= 11 is 0. The van der Waals surface area contributed by atoms with Crippen LogP contribution in [-0.4, -0.2) is 22.1 Å². The Bertz CT molecular complexity index is 510. The van der Waals surface area contributed by atoms with Crippen LogP contribution in [0.2, 0.25) is 0 Å². The second-order valence-electron chi connectivity index (χ2n) is 3.58. The molecular weight excluding hydrogens is 220 g/mol. The summed E-state index contributed by atoms with van der Waals surface area (Å²) in [5.41, 5.74) is 7.11. The number of aryl methyl sites for hydroxylation is 1. The molecule has 0 aliphatic rings. The molecule has 90 valence electrons. The first-order valence-corrected chi connectivity index (χ1v) is 5.10. The lowest BCUT2D eigenvalue weighted by Gasteiger charge is -2.08. The van der Waals surface area contributed by atoms with Crippen LogP contribution >= 0.6 is 0 Å². The number of nitrogens with two attached hydrogens (primary N) is 1. The highest BCUT2D eigenvalue weighted by atomic mass is 16.5. The molecule has 17 heavy (non-hydrogen) atoms. The van der Waals surface area contributed by atoms with Crippen LogP contribution in [0.25, 0.3) is 0 Å². The van der Waals surface area contributed by atoms with E-state index >= 15 is 0 Å². The van der Waals surface area contributed by atoms with Crippen LogP contribution in [0.15, 0.2) is 24.4 Å². The summed E-state index contributed by atoms with van der Waals surface area (Å²) < 4.78 is 12.2. The molecule has 6 heteroatoms. The average Bonchev–Trinajstić information content (AvgIpc) is 2.73. The highest BCUT2D eigenvalue weighted by Gasteiger charge is 2.04. The van der Waals surface area contributed by atoms with E-state index in [2.05, 4.69) is 10.3 Å². The van der Waals surface area contributed by atoms with Gasteiger partial charge in [-0.1, -0.05) is 5.21 Å². The first-order chi connectivity index (χ1) is 8.19. The van der Waals surface area contributed by atoms with Crippen molar-refractivity contribution in [3.05, 3.63) is 30.1 Å². The maximum atomic E-state index is 5.82. The zero-order valence-corrected chi connectivity index (χ0v) is 9.75. The van der Waals surface area contributed by atoms with Gasteiger partial charge in [0.25, 0.3) is 0 Å². The van der Waals surface area contributed by atoms with E-state index in [4.69, 9.17) is 15.2 Å². The van der Waals surface area contributed by atoms with Crippen LogP contribution < -0.4 is 15.2 Å². The fraction of sp³-hybridized carbons (Fsp3) is 0.273. The van der Waals surface area contributed by atoms with Crippen molar-refractivity contribution >= 4 is 5.69 Å². The highest BCUT2D eigenvalue weighted by Crippen LogP contribution is 2.26. The molecule has 0 aliphatic carbocycles. The third kappa shape index (κ3) is 2.66. The van der Waals surface area contributed by atoms with Crippen LogP contribution in [0.4, 0.5) is 5.69 Å². The zero-order valence-electron chi connectivity index (χ0n) is 9.75. The molecule has 0 saturated carbocycles. The monoisotopic (exact) mass is 234 g/mol.